The van der Waals surface area contributed by atoms with Gasteiger partial charge in [0.05, 0.1) is 13.7 Å². The molecule has 21 heavy (non-hydrogen) atoms. The van der Waals surface area contributed by atoms with E-state index in [1.807, 2.05) is 38.1 Å². The first-order valence-corrected chi connectivity index (χ1v) is 7.42. The highest BCUT2D eigenvalue weighted by Crippen LogP contribution is 2.12. The van der Waals surface area contributed by atoms with Crippen molar-refractivity contribution < 1.29 is 14.3 Å². The predicted octanol–water partition coefficient (Wildman–Crippen LogP) is 3.48. The average molecular weight is 291 g/mol. The maximum Gasteiger partial charge on any atom is 0.331 e. The summed E-state index contributed by atoms with van der Waals surface area (Å²) < 4.78 is 10.4. The second-order valence-electron chi connectivity index (χ2n) is 5.26. The van der Waals surface area contributed by atoms with Gasteiger partial charge in [0.25, 0.3) is 0 Å². The minimum absolute atomic E-state index is 0.105. The normalized spacial score (nSPS) is 12.6. The largest absolute Gasteiger partial charge is 0.497 e. The fourth-order valence-corrected chi connectivity index (χ4v) is 1.76. The molecule has 0 heterocycles. The molecule has 0 aliphatic carbocycles. The molecule has 1 atom stereocenters. The van der Waals surface area contributed by atoms with Crippen LogP contribution in [0.25, 0.3) is 0 Å². The highest BCUT2D eigenvalue weighted by atomic mass is 16.5. The van der Waals surface area contributed by atoms with Gasteiger partial charge in [0, 0.05) is 6.21 Å². The van der Waals surface area contributed by atoms with Crippen LogP contribution in [0.2, 0.25) is 0 Å². The number of aliphatic imine (C=N–C) groups is 1. The summed E-state index contributed by atoms with van der Waals surface area (Å²) >= 11 is 0. The molecule has 0 aliphatic heterocycles. The second kappa shape index (κ2) is 9.16. The fourth-order valence-electron chi connectivity index (χ4n) is 1.76. The summed E-state index contributed by atoms with van der Waals surface area (Å²) in [5, 5.41) is 0. The molecule has 116 valence electrons. The molecular weight excluding hydrogens is 266 g/mol. The van der Waals surface area contributed by atoms with E-state index in [9.17, 15) is 4.79 Å². The Morgan fingerprint density at radius 1 is 1.29 bits per heavy atom. The van der Waals surface area contributed by atoms with E-state index in [-0.39, 0.29) is 11.9 Å². The molecule has 0 saturated heterocycles. The number of carbonyl (C=O) groups is 1. The molecule has 0 fully saturated rings. The number of hydrogen-bond acceptors (Lipinski definition) is 4. The summed E-state index contributed by atoms with van der Waals surface area (Å²) in [6.45, 7) is 6.47. The SMILES string of the molecule is CCCCOC(=O)[C@@H](N=Cc1ccc(OC)cc1)C(C)C. The quantitative estimate of drug-likeness (QED) is 0.418. The third-order valence-corrected chi connectivity index (χ3v) is 3.12. The molecular formula is C17H25NO3. The number of unbranched alkanes of at least 4 members (excludes halogenated alkanes) is 1. The van der Waals surface area contributed by atoms with Gasteiger partial charge in [-0.2, -0.15) is 0 Å². The minimum Gasteiger partial charge on any atom is -0.497 e. The molecule has 4 nitrogen and oxygen atoms in total. The Morgan fingerprint density at radius 3 is 2.48 bits per heavy atom. The van der Waals surface area contributed by atoms with E-state index in [0.717, 1.165) is 24.2 Å². The minimum atomic E-state index is -0.455. The maximum absolute atomic E-state index is 12.0. The van der Waals surface area contributed by atoms with Gasteiger partial charge in [-0.3, -0.25) is 4.99 Å². The van der Waals surface area contributed by atoms with Gasteiger partial charge in [0.1, 0.15) is 11.8 Å². The first kappa shape index (κ1) is 17.2. The van der Waals surface area contributed by atoms with Crippen LogP contribution in [0.5, 0.6) is 5.75 Å². The van der Waals surface area contributed by atoms with Gasteiger partial charge in [-0.25, -0.2) is 4.79 Å². The molecule has 1 rings (SSSR count). The zero-order valence-electron chi connectivity index (χ0n) is 13.3. The zero-order valence-corrected chi connectivity index (χ0v) is 13.3. The Kier molecular flexibility index (Phi) is 7.51. The standard InChI is InChI=1S/C17H25NO3/c1-5-6-11-21-17(19)16(13(2)3)18-12-14-7-9-15(20-4)10-8-14/h7-10,12-13,16H,5-6,11H2,1-4H3/t16-/m0/s1. The molecule has 0 amide bonds. The number of carbonyl (C=O) groups excluding carboxylic acids is 1. The number of esters is 1. The number of ether oxygens (including phenoxy) is 2. The summed E-state index contributed by atoms with van der Waals surface area (Å²) in [5.74, 6) is 0.656. The molecule has 0 radical (unpaired) electrons. The number of nitrogens with zero attached hydrogens (tertiary/aromatic N) is 1. The van der Waals surface area contributed by atoms with Crippen LogP contribution in [0, 0.1) is 5.92 Å². The van der Waals surface area contributed by atoms with E-state index in [4.69, 9.17) is 9.47 Å². The Labute approximate surface area is 127 Å². The van der Waals surface area contributed by atoms with Crippen molar-refractivity contribution in [2.75, 3.05) is 13.7 Å². The third kappa shape index (κ3) is 5.98. The van der Waals surface area contributed by atoms with E-state index in [0.29, 0.717) is 6.61 Å². The topological polar surface area (TPSA) is 47.9 Å². The van der Waals surface area contributed by atoms with Crippen molar-refractivity contribution in [3.05, 3.63) is 29.8 Å². The summed E-state index contributed by atoms with van der Waals surface area (Å²) in [6, 6.07) is 7.09. The zero-order chi connectivity index (χ0) is 15.7. The molecule has 4 heteroatoms. The highest BCUT2D eigenvalue weighted by Gasteiger charge is 2.22. The molecule has 1 aromatic rings. The Morgan fingerprint density at radius 2 is 1.95 bits per heavy atom. The molecule has 0 bridgehead atoms. The number of hydrogen-bond donors (Lipinski definition) is 0. The molecule has 0 unspecified atom stereocenters. The van der Waals surface area contributed by atoms with Crippen molar-refractivity contribution >= 4 is 12.2 Å². The summed E-state index contributed by atoms with van der Waals surface area (Å²) in [4.78, 5) is 16.4. The lowest BCUT2D eigenvalue weighted by Gasteiger charge is -2.15. The monoisotopic (exact) mass is 291 g/mol. The van der Waals surface area contributed by atoms with Crippen molar-refractivity contribution in [1.82, 2.24) is 0 Å². The lowest BCUT2D eigenvalue weighted by Crippen LogP contribution is -2.27. The van der Waals surface area contributed by atoms with Crippen LogP contribution in [0.3, 0.4) is 0 Å². The molecule has 0 aliphatic rings. The number of methoxy groups -OCH3 is 1. The number of benzene rings is 1. The van der Waals surface area contributed by atoms with Crippen LogP contribution in [-0.2, 0) is 9.53 Å². The first-order chi connectivity index (χ1) is 10.1. The van der Waals surface area contributed by atoms with Crippen molar-refractivity contribution in [3.8, 4) is 5.75 Å². The van der Waals surface area contributed by atoms with Crippen LogP contribution >= 0.6 is 0 Å². The van der Waals surface area contributed by atoms with E-state index in [2.05, 4.69) is 11.9 Å². The average Bonchev–Trinajstić information content (AvgIpc) is 2.48. The second-order valence-corrected chi connectivity index (χ2v) is 5.26. The summed E-state index contributed by atoms with van der Waals surface area (Å²) in [6.07, 6.45) is 3.61. The molecule has 0 saturated carbocycles. The first-order valence-electron chi connectivity index (χ1n) is 7.42. The fraction of sp³-hybridized carbons (Fsp3) is 0.529. The van der Waals surface area contributed by atoms with Crippen LogP contribution in [0.4, 0.5) is 0 Å². The van der Waals surface area contributed by atoms with Crippen LogP contribution in [-0.4, -0.2) is 31.9 Å². The van der Waals surface area contributed by atoms with E-state index in [1.54, 1.807) is 13.3 Å². The van der Waals surface area contributed by atoms with Gasteiger partial charge in [0.2, 0.25) is 0 Å². The number of rotatable bonds is 8. The lowest BCUT2D eigenvalue weighted by molar-refractivity contribution is -0.146. The van der Waals surface area contributed by atoms with E-state index in [1.165, 1.54) is 0 Å². The Hall–Kier alpha value is -1.84. The maximum atomic E-state index is 12.0. The summed E-state index contributed by atoms with van der Waals surface area (Å²) in [5.41, 5.74) is 0.933. The lowest BCUT2D eigenvalue weighted by atomic mass is 10.1. The van der Waals surface area contributed by atoms with Crippen molar-refractivity contribution in [3.63, 3.8) is 0 Å². The highest BCUT2D eigenvalue weighted by molar-refractivity contribution is 5.84. The van der Waals surface area contributed by atoms with Crippen LogP contribution in [0.15, 0.2) is 29.3 Å². The van der Waals surface area contributed by atoms with Crippen LogP contribution in [0.1, 0.15) is 39.2 Å². The van der Waals surface area contributed by atoms with Crippen molar-refractivity contribution in [1.29, 1.82) is 0 Å². The van der Waals surface area contributed by atoms with Gasteiger partial charge in [0.15, 0.2) is 0 Å². The smallest absolute Gasteiger partial charge is 0.331 e. The summed E-state index contributed by atoms with van der Waals surface area (Å²) in [7, 11) is 1.63. The third-order valence-electron chi connectivity index (χ3n) is 3.12. The Bertz CT molecular complexity index is 452. The molecule has 1 aromatic carbocycles. The van der Waals surface area contributed by atoms with Gasteiger partial charge >= 0.3 is 5.97 Å². The molecule has 0 aromatic heterocycles. The molecule has 0 N–H and O–H groups in total. The van der Waals surface area contributed by atoms with Gasteiger partial charge in [-0.1, -0.05) is 27.2 Å². The van der Waals surface area contributed by atoms with Gasteiger partial charge in [-0.15, -0.1) is 0 Å². The van der Waals surface area contributed by atoms with Gasteiger partial charge < -0.3 is 9.47 Å². The van der Waals surface area contributed by atoms with E-state index >= 15 is 0 Å². The predicted molar refractivity (Wildman–Crippen MR) is 85.1 cm³/mol. The van der Waals surface area contributed by atoms with Crippen LogP contribution < -0.4 is 4.74 Å². The van der Waals surface area contributed by atoms with Gasteiger partial charge in [-0.05, 0) is 42.2 Å². The Balaban J connectivity index is 2.67. The van der Waals surface area contributed by atoms with Crippen molar-refractivity contribution in [2.24, 2.45) is 10.9 Å². The van der Waals surface area contributed by atoms with Crippen molar-refractivity contribution in [2.45, 2.75) is 39.7 Å². The van der Waals surface area contributed by atoms with E-state index < -0.39 is 6.04 Å². The molecule has 0 spiro atoms.